The van der Waals surface area contributed by atoms with Gasteiger partial charge in [0.25, 0.3) is 5.91 Å². The van der Waals surface area contributed by atoms with Gasteiger partial charge in [0.15, 0.2) is 0 Å². The van der Waals surface area contributed by atoms with Gasteiger partial charge in [-0.05, 0) is 13.3 Å². The fourth-order valence-electron chi connectivity index (χ4n) is 0.956. The molecule has 13 heavy (non-hydrogen) atoms. The van der Waals surface area contributed by atoms with Crippen molar-refractivity contribution < 1.29 is 15.0 Å². The number of rotatable bonds is 6. The first-order valence-corrected chi connectivity index (χ1v) is 4.36. The Labute approximate surface area is 78.5 Å². The minimum atomic E-state index is -0.311. The van der Waals surface area contributed by atoms with E-state index < -0.39 is 0 Å². The van der Waals surface area contributed by atoms with Crippen LogP contribution in [-0.2, 0) is 4.79 Å². The highest BCUT2D eigenvalue weighted by Gasteiger charge is 2.13. The van der Waals surface area contributed by atoms with Crippen molar-refractivity contribution in [1.82, 2.24) is 4.90 Å². The summed E-state index contributed by atoms with van der Waals surface area (Å²) in [6.07, 6.45) is 0.554. The third-order valence-corrected chi connectivity index (χ3v) is 1.75. The quantitative estimate of drug-likeness (QED) is 0.564. The average Bonchev–Trinajstić information content (AvgIpc) is 2.17. The number of nitrogens with zero attached hydrogens (tertiary/aromatic N) is 1. The van der Waals surface area contributed by atoms with Crippen molar-refractivity contribution >= 4 is 5.91 Å². The van der Waals surface area contributed by atoms with Gasteiger partial charge in [-0.2, -0.15) is 0 Å². The minimum Gasteiger partial charge on any atom is -0.396 e. The second-order valence-electron chi connectivity index (χ2n) is 2.72. The average molecular weight is 187 g/mol. The summed E-state index contributed by atoms with van der Waals surface area (Å²) in [4.78, 5) is 12.9. The van der Waals surface area contributed by atoms with E-state index in [1.165, 1.54) is 0 Å². The van der Waals surface area contributed by atoms with Crippen molar-refractivity contribution in [1.29, 1.82) is 0 Å². The van der Waals surface area contributed by atoms with Crippen LogP contribution in [0.2, 0.25) is 0 Å². The number of hydrogen-bond donors (Lipinski definition) is 2. The molecule has 0 aliphatic carbocycles. The highest BCUT2D eigenvalue weighted by molar-refractivity contribution is 5.92. The molecule has 0 saturated heterocycles. The van der Waals surface area contributed by atoms with Crippen LogP contribution in [0.3, 0.4) is 0 Å². The fraction of sp³-hybridized carbons (Fsp3) is 0.667. The lowest BCUT2D eigenvalue weighted by Gasteiger charge is -2.20. The number of carbonyl (C=O) groups is 1. The fourth-order valence-corrected chi connectivity index (χ4v) is 0.956. The van der Waals surface area contributed by atoms with Crippen LogP contribution in [0.5, 0.6) is 0 Å². The lowest BCUT2D eigenvalue weighted by Crippen LogP contribution is -2.33. The summed E-state index contributed by atoms with van der Waals surface area (Å²) in [5, 5.41) is 17.3. The maximum absolute atomic E-state index is 11.4. The second kappa shape index (κ2) is 6.62. The van der Waals surface area contributed by atoms with Crippen molar-refractivity contribution in [2.45, 2.75) is 13.3 Å². The summed E-state index contributed by atoms with van der Waals surface area (Å²) in [6.45, 7) is 6.12. The van der Waals surface area contributed by atoms with E-state index in [1.54, 1.807) is 4.90 Å². The van der Waals surface area contributed by atoms with Gasteiger partial charge in [0, 0.05) is 25.3 Å². The van der Waals surface area contributed by atoms with Gasteiger partial charge >= 0.3 is 0 Å². The van der Waals surface area contributed by atoms with E-state index >= 15 is 0 Å². The van der Waals surface area contributed by atoms with Crippen LogP contribution in [-0.4, -0.2) is 47.3 Å². The summed E-state index contributed by atoms with van der Waals surface area (Å²) in [5.41, 5.74) is 0.194. The topological polar surface area (TPSA) is 60.8 Å². The molecule has 0 heterocycles. The summed E-state index contributed by atoms with van der Waals surface area (Å²) in [5.74, 6) is -0.238. The van der Waals surface area contributed by atoms with Crippen LogP contribution in [0, 0.1) is 0 Å². The first-order chi connectivity index (χ1) is 6.17. The summed E-state index contributed by atoms with van der Waals surface area (Å²) in [6, 6.07) is 0. The van der Waals surface area contributed by atoms with Crippen molar-refractivity contribution in [3.63, 3.8) is 0 Å². The number of hydrogen-bond acceptors (Lipinski definition) is 3. The zero-order chi connectivity index (χ0) is 10.3. The van der Waals surface area contributed by atoms with Gasteiger partial charge in [0.05, 0.1) is 6.61 Å². The maximum Gasteiger partial charge on any atom is 0.251 e. The number of carbonyl (C=O) groups excluding carboxylic acids is 1. The van der Waals surface area contributed by atoms with Crippen LogP contribution < -0.4 is 0 Å². The number of amides is 1. The Balaban J connectivity index is 4.06. The molecular formula is C9H17NO3. The molecule has 76 valence electrons. The molecule has 0 aromatic heterocycles. The Kier molecular flexibility index (Phi) is 6.18. The molecule has 0 aromatic rings. The van der Waals surface area contributed by atoms with Gasteiger partial charge < -0.3 is 15.1 Å². The van der Waals surface area contributed by atoms with E-state index in [4.69, 9.17) is 10.2 Å². The zero-order valence-corrected chi connectivity index (χ0v) is 7.99. The Morgan fingerprint density at radius 3 is 2.46 bits per heavy atom. The predicted molar refractivity (Wildman–Crippen MR) is 50.2 cm³/mol. The Morgan fingerprint density at radius 2 is 2.08 bits per heavy atom. The van der Waals surface area contributed by atoms with Crippen molar-refractivity contribution in [2.75, 3.05) is 26.3 Å². The van der Waals surface area contributed by atoms with Crippen molar-refractivity contribution in [3.8, 4) is 0 Å². The highest BCUT2D eigenvalue weighted by atomic mass is 16.3. The van der Waals surface area contributed by atoms with E-state index in [2.05, 4.69) is 6.58 Å². The Hall–Kier alpha value is -0.870. The number of aliphatic hydroxyl groups is 2. The van der Waals surface area contributed by atoms with Gasteiger partial charge in [-0.25, -0.2) is 0 Å². The molecule has 4 heteroatoms. The van der Waals surface area contributed by atoms with E-state index in [1.807, 2.05) is 6.92 Å². The lowest BCUT2D eigenvalue weighted by molar-refractivity contribution is -0.127. The first-order valence-electron chi connectivity index (χ1n) is 4.36. The van der Waals surface area contributed by atoms with E-state index in [0.29, 0.717) is 19.5 Å². The molecular weight excluding hydrogens is 170 g/mol. The normalized spacial score (nSPS) is 9.77. The lowest BCUT2D eigenvalue weighted by atomic mass is 10.2. The summed E-state index contributed by atoms with van der Waals surface area (Å²) >= 11 is 0. The van der Waals surface area contributed by atoms with Crippen molar-refractivity contribution in [2.24, 2.45) is 0 Å². The van der Waals surface area contributed by atoms with Crippen LogP contribution in [0.1, 0.15) is 13.3 Å². The van der Waals surface area contributed by atoms with Gasteiger partial charge in [0.2, 0.25) is 0 Å². The minimum absolute atomic E-state index is 0.0649. The summed E-state index contributed by atoms with van der Waals surface area (Å²) < 4.78 is 0. The zero-order valence-electron chi connectivity index (χ0n) is 7.99. The molecule has 0 saturated carbocycles. The van der Waals surface area contributed by atoms with Crippen LogP contribution in [0.4, 0.5) is 0 Å². The SMILES string of the molecule is C=C(CO)C(=O)N(CC)CCCO. The van der Waals surface area contributed by atoms with Gasteiger partial charge in [0.1, 0.15) is 0 Å². The molecule has 0 bridgehead atoms. The third-order valence-electron chi connectivity index (χ3n) is 1.75. The molecule has 0 rings (SSSR count). The van der Waals surface area contributed by atoms with E-state index in [9.17, 15) is 4.79 Å². The maximum atomic E-state index is 11.4. The summed E-state index contributed by atoms with van der Waals surface area (Å²) in [7, 11) is 0. The molecule has 0 aromatic carbocycles. The molecule has 1 amide bonds. The molecule has 4 nitrogen and oxygen atoms in total. The molecule has 0 atom stereocenters. The molecule has 0 unspecified atom stereocenters. The van der Waals surface area contributed by atoms with Crippen LogP contribution >= 0.6 is 0 Å². The Bertz CT molecular complexity index is 180. The van der Waals surface area contributed by atoms with Crippen molar-refractivity contribution in [3.05, 3.63) is 12.2 Å². The van der Waals surface area contributed by atoms with Gasteiger partial charge in [-0.3, -0.25) is 4.79 Å². The van der Waals surface area contributed by atoms with E-state index in [0.717, 1.165) is 0 Å². The van der Waals surface area contributed by atoms with E-state index in [-0.39, 0.29) is 24.7 Å². The van der Waals surface area contributed by atoms with Gasteiger partial charge in [-0.15, -0.1) is 0 Å². The monoisotopic (exact) mass is 187 g/mol. The molecule has 0 spiro atoms. The largest absolute Gasteiger partial charge is 0.396 e. The van der Waals surface area contributed by atoms with Gasteiger partial charge in [-0.1, -0.05) is 6.58 Å². The first kappa shape index (κ1) is 12.1. The number of likely N-dealkylation sites (N-methyl/N-ethyl adjacent to an activating group) is 1. The molecule has 0 aliphatic heterocycles. The predicted octanol–water partition coefficient (Wildman–Crippen LogP) is -0.234. The molecule has 2 N–H and O–H groups in total. The number of aliphatic hydroxyl groups excluding tert-OH is 2. The van der Waals surface area contributed by atoms with Crippen LogP contribution in [0.25, 0.3) is 0 Å². The molecule has 0 radical (unpaired) electrons. The second-order valence-corrected chi connectivity index (χ2v) is 2.72. The highest BCUT2D eigenvalue weighted by Crippen LogP contribution is 1.99. The molecule has 0 aliphatic rings. The third kappa shape index (κ3) is 4.05. The smallest absolute Gasteiger partial charge is 0.251 e. The Morgan fingerprint density at radius 1 is 1.46 bits per heavy atom. The molecule has 0 fully saturated rings. The van der Waals surface area contributed by atoms with Crippen LogP contribution in [0.15, 0.2) is 12.2 Å². The standard InChI is InChI=1S/C9H17NO3/c1-3-10(5-4-6-11)9(13)8(2)7-12/h11-12H,2-7H2,1H3.